The Bertz CT molecular complexity index is 1640. The second kappa shape index (κ2) is 14.8. The SMILES string of the molecule is NC(=O)c1ccc2c(CCCOc3ccc(CCN(Cc4ccccc4)CC(O)c4cccc(Cl)c4)cc3)ccnc2c1. The van der Waals surface area contributed by atoms with Crippen LogP contribution in [0.15, 0.2) is 109 Å². The molecule has 1 atom stereocenters. The Kier molecular flexibility index (Phi) is 10.4. The molecule has 5 rings (SSSR count). The fraction of sp³-hybridized carbons (Fsp3) is 0.222. The molecule has 0 saturated carbocycles. The molecule has 6 nitrogen and oxygen atoms in total. The number of ether oxygens (including phenoxy) is 1. The number of fused-ring (bicyclic) bond motifs is 1. The summed E-state index contributed by atoms with van der Waals surface area (Å²) in [6.07, 6.45) is 3.67. The number of halogens is 1. The van der Waals surface area contributed by atoms with Crippen LogP contribution in [0.4, 0.5) is 0 Å². The minimum absolute atomic E-state index is 0.453. The molecule has 1 amide bonds. The van der Waals surface area contributed by atoms with E-state index in [1.165, 1.54) is 16.7 Å². The van der Waals surface area contributed by atoms with Crippen molar-refractivity contribution >= 4 is 28.4 Å². The molecule has 4 aromatic carbocycles. The standard InChI is InChI=1S/C36H36ClN3O3/c37-31-10-4-8-29(22-31)35(41)25-40(24-27-6-2-1-3-7-27)20-18-26-11-14-32(15-12-26)43-21-5-9-28-17-19-39-34-23-30(36(38)42)13-16-33(28)34/h1-4,6-8,10-17,19,22-23,35,41H,5,9,18,20-21,24-25H2,(H2,38,42). The van der Waals surface area contributed by atoms with Gasteiger partial charge in [0.1, 0.15) is 5.75 Å². The summed E-state index contributed by atoms with van der Waals surface area (Å²) in [4.78, 5) is 18.2. The zero-order chi connectivity index (χ0) is 30.0. The molecular formula is C36H36ClN3O3. The van der Waals surface area contributed by atoms with Gasteiger partial charge in [0.05, 0.1) is 18.2 Å². The lowest BCUT2D eigenvalue weighted by Crippen LogP contribution is -2.30. The number of aliphatic hydroxyl groups excluding tert-OH is 1. The third-order valence-corrected chi connectivity index (χ3v) is 7.77. The highest BCUT2D eigenvalue weighted by Gasteiger charge is 2.15. The zero-order valence-corrected chi connectivity index (χ0v) is 24.8. The van der Waals surface area contributed by atoms with E-state index in [2.05, 4.69) is 34.1 Å². The van der Waals surface area contributed by atoms with Crippen molar-refractivity contribution in [2.24, 2.45) is 5.73 Å². The maximum atomic E-state index is 11.5. The molecular weight excluding hydrogens is 558 g/mol. The largest absolute Gasteiger partial charge is 0.494 e. The molecule has 7 heteroatoms. The van der Waals surface area contributed by atoms with Crippen LogP contribution in [0, 0.1) is 0 Å². The van der Waals surface area contributed by atoms with Crippen LogP contribution in [0.2, 0.25) is 5.02 Å². The Balaban J connectivity index is 1.13. The summed E-state index contributed by atoms with van der Waals surface area (Å²) in [7, 11) is 0. The van der Waals surface area contributed by atoms with Crippen molar-refractivity contribution in [3.63, 3.8) is 0 Å². The van der Waals surface area contributed by atoms with Gasteiger partial charge in [-0.05, 0) is 84.0 Å². The topological polar surface area (TPSA) is 88.7 Å². The highest BCUT2D eigenvalue weighted by atomic mass is 35.5. The predicted octanol–water partition coefficient (Wildman–Crippen LogP) is 6.78. The zero-order valence-electron chi connectivity index (χ0n) is 24.0. The molecule has 3 N–H and O–H groups in total. The molecule has 0 bridgehead atoms. The number of pyridine rings is 1. The number of amides is 1. The van der Waals surface area contributed by atoms with E-state index in [4.69, 9.17) is 22.1 Å². The van der Waals surface area contributed by atoms with Gasteiger partial charge in [-0.3, -0.25) is 14.7 Å². The van der Waals surface area contributed by atoms with E-state index < -0.39 is 12.0 Å². The van der Waals surface area contributed by atoms with E-state index in [1.54, 1.807) is 18.3 Å². The summed E-state index contributed by atoms with van der Waals surface area (Å²) >= 11 is 6.16. The average Bonchev–Trinajstić information content (AvgIpc) is 3.02. The van der Waals surface area contributed by atoms with Crippen molar-refractivity contribution in [3.8, 4) is 5.75 Å². The van der Waals surface area contributed by atoms with Crippen molar-refractivity contribution in [1.29, 1.82) is 0 Å². The number of aromatic nitrogens is 1. The molecule has 0 fully saturated rings. The van der Waals surface area contributed by atoms with E-state index >= 15 is 0 Å². The van der Waals surface area contributed by atoms with Gasteiger partial charge < -0.3 is 15.6 Å². The maximum Gasteiger partial charge on any atom is 0.248 e. The first-order valence-corrected chi connectivity index (χ1v) is 14.9. The normalized spacial score (nSPS) is 12.0. The van der Waals surface area contributed by atoms with Gasteiger partial charge in [-0.15, -0.1) is 0 Å². The number of carbonyl (C=O) groups is 1. The van der Waals surface area contributed by atoms with Crippen LogP contribution in [0.5, 0.6) is 5.75 Å². The monoisotopic (exact) mass is 593 g/mol. The summed E-state index contributed by atoms with van der Waals surface area (Å²) < 4.78 is 6.03. The number of benzene rings is 4. The summed E-state index contributed by atoms with van der Waals surface area (Å²) in [6, 6.07) is 33.4. The number of nitrogens with zero attached hydrogens (tertiary/aromatic N) is 2. The Labute approximate surface area is 257 Å². The van der Waals surface area contributed by atoms with Gasteiger partial charge in [-0.1, -0.05) is 72.3 Å². The van der Waals surface area contributed by atoms with E-state index in [-0.39, 0.29) is 0 Å². The van der Waals surface area contributed by atoms with E-state index in [9.17, 15) is 9.90 Å². The summed E-state index contributed by atoms with van der Waals surface area (Å²) in [6.45, 7) is 2.65. The molecule has 1 aromatic heterocycles. The molecule has 0 radical (unpaired) electrons. The summed E-state index contributed by atoms with van der Waals surface area (Å²) in [5.41, 5.74) is 11.0. The lowest BCUT2D eigenvalue weighted by Gasteiger charge is -2.25. The van der Waals surface area contributed by atoms with Gasteiger partial charge in [0.15, 0.2) is 0 Å². The van der Waals surface area contributed by atoms with Gasteiger partial charge in [-0.2, -0.15) is 0 Å². The molecule has 1 unspecified atom stereocenters. The van der Waals surface area contributed by atoms with Gasteiger partial charge in [0.25, 0.3) is 0 Å². The van der Waals surface area contributed by atoms with Crippen LogP contribution in [0.1, 0.15) is 45.1 Å². The molecule has 1 heterocycles. The summed E-state index contributed by atoms with van der Waals surface area (Å²) in [5, 5.41) is 12.6. The first-order chi connectivity index (χ1) is 20.9. The number of carbonyl (C=O) groups excluding carboxylic acids is 1. The number of rotatable bonds is 14. The van der Waals surface area contributed by atoms with Crippen LogP contribution in [0.3, 0.4) is 0 Å². The molecule has 43 heavy (non-hydrogen) atoms. The van der Waals surface area contributed by atoms with E-state index in [0.29, 0.717) is 23.7 Å². The first-order valence-electron chi connectivity index (χ1n) is 14.5. The Morgan fingerprint density at radius 1 is 0.907 bits per heavy atom. The fourth-order valence-electron chi connectivity index (χ4n) is 5.21. The molecule has 0 saturated heterocycles. The number of nitrogens with two attached hydrogens (primary N) is 1. The Hall–Kier alpha value is -4.23. The van der Waals surface area contributed by atoms with Gasteiger partial charge in [-0.25, -0.2) is 0 Å². The third kappa shape index (κ3) is 8.64. The van der Waals surface area contributed by atoms with E-state index in [1.807, 2.05) is 66.7 Å². The van der Waals surface area contributed by atoms with Crippen molar-refractivity contribution in [1.82, 2.24) is 9.88 Å². The minimum atomic E-state index is -0.629. The number of aliphatic hydroxyl groups is 1. The van der Waals surface area contributed by atoms with Gasteiger partial charge in [0.2, 0.25) is 5.91 Å². The Morgan fingerprint density at radius 3 is 2.49 bits per heavy atom. The molecule has 5 aromatic rings. The molecule has 220 valence electrons. The summed E-state index contributed by atoms with van der Waals surface area (Å²) in [5.74, 6) is 0.387. The van der Waals surface area contributed by atoms with Crippen LogP contribution in [-0.2, 0) is 19.4 Å². The lowest BCUT2D eigenvalue weighted by atomic mass is 10.0. The average molecular weight is 594 g/mol. The fourth-order valence-corrected chi connectivity index (χ4v) is 5.41. The van der Waals surface area contributed by atoms with Gasteiger partial charge >= 0.3 is 0 Å². The van der Waals surface area contributed by atoms with E-state index in [0.717, 1.165) is 54.6 Å². The molecule has 0 spiro atoms. The lowest BCUT2D eigenvalue weighted by molar-refractivity contribution is 0.1000. The van der Waals surface area contributed by atoms with Crippen LogP contribution < -0.4 is 10.5 Å². The minimum Gasteiger partial charge on any atom is -0.494 e. The first kappa shape index (κ1) is 30.2. The van der Waals surface area contributed by atoms with Crippen LogP contribution >= 0.6 is 11.6 Å². The molecule has 0 aliphatic heterocycles. The predicted molar refractivity (Wildman–Crippen MR) is 172 cm³/mol. The maximum absolute atomic E-state index is 11.5. The highest BCUT2D eigenvalue weighted by Crippen LogP contribution is 2.22. The second-order valence-electron chi connectivity index (χ2n) is 10.7. The number of hydrogen-bond donors (Lipinski definition) is 2. The second-order valence-corrected chi connectivity index (χ2v) is 11.1. The smallest absolute Gasteiger partial charge is 0.248 e. The third-order valence-electron chi connectivity index (χ3n) is 7.53. The molecule has 0 aliphatic carbocycles. The molecule has 0 aliphatic rings. The Morgan fingerprint density at radius 2 is 1.72 bits per heavy atom. The van der Waals surface area contributed by atoms with Crippen molar-refractivity contribution in [2.45, 2.75) is 31.9 Å². The van der Waals surface area contributed by atoms with Crippen molar-refractivity contribution in [3.05, 3.63) is 142 Å². The van der Waals surface area contributed by atoms with Gasteiger partial charge in [0, 0.05) is 41.8 Å². The quantitative estimate of drug-likeness (QED) is 0.139. The van der Waals surface area contributed by atoms with Crippen LogP contribution in [-0.4, -0.2) is 40.6 Å². The number of primary amides is 1. The number of hydrogen-bond acceptors (Lipinski definition) is 5. The number of aryl methyl sites for hydroxylation is 1. The highest BCUT2D eigenvalue weighted by molar-refractivity contribution is 6.30. The van der Waals surface area contributed by atoms with Crippen molar-refractivity contribution < 1.29 is 14.6 Å². The van der Waals surface area contributed by atoms with Crippen LogP contribution in [0.25, 0.3) is 10.9 Å². The van der Waals surface area contributed by atoms with Crippen molar-refractivity contribution in [2.75, 3.05) is 19.7 Å².